The van der Waals surface area contributed by atoms with Crippen LogP contribution in [0.15, 0.2) is 30.3 Å². The molecule has 0 unspecified atom stereocenters. The first kappa shape index (κ1) is 24.4. The van der Waals surface area contributed by atoms with Crippen LogP contribution in [0.25, 0.3) is 0 Å². The van der Waals surface area contributed by atoms with E-state index >= 15 is 0 Å². The van der Waals surface area contributed by atoms with Gasteiger partial charge in [-0.15, -0.1) is 0 Å². The summed E-state index contributed by atoms with van der Waals surface area (Å²) in [6, 6.07) is 8.42. The number of phosphoric acid groups is 1. The van der Waals surface area contributed by atoms with Gasteiger partial charge in [0.1, 0.15) is 5.75 Å². The number of para-hydroxylation sites is 1. The van der Waals surface area contributed by atoms with Crippen molar-refractivity contribution >= 4 is 36.5 Å². The molecule has 1 fully saturated rings. The summed E-state index contributed by atoms with van der Waals surface area (Å²) in [6.07, 6.45) is -1.01. The molecule has 11 heteroatoms. The largest absolute Gasteiger partial charge is 0.530 e. The number of carbonyl (C=O) groups excluding carboxylic acids is 3. The van der Waals surface area contributed by atoms with E-state index in [0.29, 0.717) is 18.0 Å². The molecule has 2 N–H and O–H groups in total. The maximum Gasteiger partial charge on any atom is 0.530 e. The van der Waals surface area contributed by atoms with E-state index in [9.17, 15) is 18.9 Å². The molecule has 1 aromatic rings. The molecule has 1 aliphatic rings. The van der Waals surface area contributed by atoms with Crippen LogP contribution in [0.4, 0.5) is 0 Å². The Kier molecular flexibility index (Phi) is 8.91. The summed E-state index contributed by atoms with van der Waals surface area (Å²) >= 11 is 1.13. The van der Waals surface area contributed by atoms with Gasteiger partial charge in [0, 0.05) is 37.6 Å². The second-order valence-corrected chi connectivity index (χ2v) is 10.1. The Balaban J connectivity index is 1.84. The number of hydrogen-bond acceptors (Lipinski definition) is 8. The van der Waals surface area contributed by atoms with Gasteiger partial charge in [-0.05, 0) is 12.1 Å². The van der Waals surface area contributed by atoms with E-state index in [-0.39, 0.29) is 30.6 Å². The van der Waals surface area contributed by atoms with Crippen molar-refractivity contribution in [2.45, 2.75) is 33.3 Å². The summed E-state index contributed by atoms with van der Waals surface area (Å²) in [4.78, 5) is 35.3. The van der Waals surface area contributed by atoms with Crippen LogP contribution in [0.3, 0.4) is 0 Å². The van der Waals surface area contributed by atoms with Crippen molar-refractivity contribution in [2.75, 3.05) is 25.4 Å². The van der Waals surface area contributed by atoms with Crippen molar-refractivity contribution in [3.8, 4) is 5.75 Å². The molecule has 2 amide bonds. The molecule has 0 bridgehead atoms. The Morgan fingerprint density at radius 3 is 2.57 bits per heavy atom. The Morgan fingerprint density at radius 2 is 1.90 bits per heavy atom. The number of thioether (sulfide) groups is 1. The quantitative estimate of drug-likeness (QED) is 0.428. The SMILES string of the molecule is CC(=O)SCCNC(=O)CCNC(=O)[C@@H]1O[P@@](=O)(Oc2ccccc2)OCC1(C)C. The smallest absolute Gasteiger partial charge is 0.404 e. The van der Waals surface area contributed by atoms with Gasteiger partial charge in [-0.25, -0.2) is 4.57 Å². The topological polar surface area (TPSA) is 120 Å². The van der Waals surface area contributed by atoms with E-state index in [1.54, 1.807) is 44.2 Å². The molecule has 1 heterocycles. The predicted octanol–water partition coefficient (Wildman–Crippen LogP) is 2.52. The van der Waals surface area contributed by atoms with Crippen LogP contribution in [-0.4, -0.2) is 48.5 Å². The second kappa shape index (κ2) is 10.9. The minimum absolute atomic E-state index is 0.00347. The molecular weight excluding hydrogens is 431 g/mol. The molecule has 2 atom stereocenters. The van der Waals surface area contributed by atoms with Crippen molar-refractivity contribution in [3.63, 3.8) is 0 Å². The van der Waals surface area contributed by atoms with Gasteiger partial charge < -0.3 is 15.2 Å². The van der Waals surface area contributed by atoms with E-state index in [1.807, 2.05) is 0 Å². The molecule has 30 heavy (non-hydrogen) atoms. The van der Waals surface area contributed by atoms with Gasteiger partial charge in [0.25, 0.3) is 5.91 Å². The minimum Gasteiger partial charge on any atom is -0.404 e. The van der Waals surface area contributed by atoms with Gasteiger partial charge >= 0.3 is 7.82 Å². The van der Waals surface area contributed by atoms with E-state index in [1.165, 1.54) is 6.92 Å². The number of carbonyl (C=O) groups is 3. The minimum atomic E-state index is -3.97. The van der Waals surface area contributed by atoms with Crippen LogP contribution in [0.2, 0.25) is 0 Å². The van der Waals surface area contributed by atoms with E-state index in [2.05, 4.69) is 10.6 Å². The summed E-state index contributed by atoms with van der Waals surface area (Å²) in [5, 5.41) is 5.29. The fourth-order valence-electron chi connectivity index (χ4n) is 2.55. The van der Waals surface area contributed by atoms with Crippen LogP contribution in [-0.2, 0) is 28.0 Å². The fourth-order valence-corrected chi connectivity index (χ4v) is 4.71. The molecule has 1 aliphatic heterocycles. The maximum atomic E-state index is 12.8. The average molecular weight is 458 g/mol. The summed E-state index contributed by atoms with van der Waals surface area (Å²) in [7, 11) is -3.97. The van der Waals surface area contributed by atoms with Crippen LogP contribution in [0.5, 0.6) is 5.75 Å². The third-order valence-electron chi connectivity index (χ3n) is 4.12. The number of benzene rings is 1. The lowest BCUT2D eigenvalue weighted by molar-refractivity contribution is -0.140. The molecule has 9 nitrogen and oxygen atoms in total. The Hall–Kier alpha value is -1.87. The molecular formula is C19H27N2O7PS. The Morgan fingerprint density at radius 1 is 1.20 bits per heavy atom. The molecule has 0 aliphatic carbocycles. The van der Waals surface area contributed by atoms with Crippen LogP contribution in [0.1, 0.15) is 27.2 Å². The third-order valence-corrected chi connectivity index (χ3v) is 6.28. The molecule has 0 aromatic heterocycles. The first-order chi connectivity index (χ1) is 14.1. The highest BCUT2D eigenvalue weighted by atomic mass is 32.2. The molecule has 0 radical (unpaired) electrons. The zero-order chi connectivity index (χ0) is 22.2. The van der Waals surface area contributed by atoms with Crippen molar-refractivity contribution in [3.05, 3.63) is 30.3 Å². The third kappa shape index (κ3) is 7.75. The molecule has 1 aromatic carbocycles. The van der Waals surface area contributed by atoms with Gasteiger partial charge in [-0.3, -0.25) is 23.4 Å². The van der Waals surface area contributed by atoms with Crippen LogP contribution < -0.4 is 15.2 Å². The Bertz CT molecular complexity index is 803. The van der Waals surface area contributed by atoms with E-state index in [0.717, 1.165) is 11.8 Å². The Labute approximate surface area is 180 Å². The normalized spacial score (nSPS) is 22.7. The molecule has 2 rings (SSSR count). The number of nitrogens with one attached hydrogen (secondary N) is 2. The molecule has 0 saturated carbocycles. The lowest BCUT2D eigenvalue weighted by Gasteiger charge is -2.39. The summed E-state index contributed by atoms with van der Waals surface area (Å²) in [5.41, 5.74) is -0.746. The summed E-state index contributed by atoms with van der Waals surface area (Å²) < 4.78 is 29.0. The number of hydrogen-bond donors (Lipinski definition) is 2. The van der Waals surface area contributed by atoms with Crippen LogP contribution >= 0.6 is 19.6 Å². The zero-order valence-electron chi connectivity index (χ0n) is 17.2. The number of amides is 2. The fraction of sp³-hybridized carbons (Fsp3) is 0.526. The summed E-state index contributed by atoms with van der Waals surface area (Å²) in [6.45, 7) is 5.43. The molecule has 1 saturated heterocycles. The van der Waals surface area contributed by atoms with E-state index in [4.69, 9.17) is 13.6 Å². The first-order valence-electron chi connectivity index (χ1n) is 9.47. The predicted molar refractivity (Wildman–Crippen MR) is 113 cm³/mol. The molecule has 166 valence electrons. The number of phosphoric ester groups is 1. The van der Waals surface area contributed by atoms with Gasteiger partial charge in [0.05, 0.1) is 6.61 Å². The lowest BCUT2D eigenvalue weighted by Crippen LogP contribution is -2.50. The van der Waals surface area contributed by atoms with Crippen LogP contribution in [0, 0.1) is 5.41 Å². The summed E-state index contributed by atoms with van der Waals surface area (Å²) in [5.74, 6) is 0.0536. The highest BCUT2D eigenvalue weighted by Gasteiger charge is 2.49. The standard InChI is InChI=1S/C19H27N2O7PS/c1-14(22)30-12-11-20-16(23)9-10-21-18(24)17-19(2,3)13-26-29(25,28-17)27-15-7-5-4-6-8-15/h4-8,17H,9-13H2,1-3H3,(H,20,23)(H,21,24)/t17-,29+/m0/s1. The molecule has 0 spiro atoms. The van der Waals surface area contributed by atoms with Crippen molar-refractivity contribution in [2.24, 2.45) is 5.41 Å². The lowest BCUT2D eigenvalue weighted by atomic mass is 9.87. The monoisotopic (exact) mass is 458 g/mol. The number of rotatable bonds is 9. The van der Waals surface area contributed by atoms with Crippen molar-refractivity contribution < 1.29 is 32.5 Å². The van der Waals surface area contributed by atoms with Gasteiger partial charge in [-0.1, -0.05) is 43.8 Å². The van der Waals surface area contributed by atoms with Gasteiger partial charge in [0.2, 0.25) is 5.91 Å². The average Bonchev–Trinajstić information content (AvgIpc) is 2.68. The highest BCUT2D eigenvalue weighted by Crippen LogP contribution is 2.56. The van der Waals surface area contributed by atoms with Gasteiger partial charge in [0.15, 0.2) is 11.2 Å². The van der Waals surface area contributed by atoms with Gasteiger partial charge in [-0.2, -0.15) is 0 Å². The van der Waals surface area contributed by atoms with Crippen molar-refractivity contribution in [1.29, 1.82) is 0 Å². The highest BCUT2D eigenvalue weighted by molar-refractivity contribution is 8.13. The second-order valence-electron chi connectivity index (χ2n) is 7.33. The first-order valence-corrected chi connectivity index (χ1v) is 11.9. The van der Waals surface area contributed by atoms with Crippen molar-refractivity contribution in [1.82, 2.24) is 10.6 Å². The maximum absolute atomic E-state index is 12.8. The van der Waals surface area contributed by atoms with E-state index < -0.39 is 25.2 Å². The zero-order valence-corrected chi connectivity index (χ0v) is 18.9.